The Kier molecular flexibility index (Phi) is 12.2. The third-order valence-electron chi connectivity index (χ3n) is 3.11. The number of unbranched alkanes of at least 4 members (excludes halogenated alkanes) is 3. The van der Waals surface area contributed by atoms with Crippen LogP contribution in [0.4, 0.5) is 0 Å². The molecular formula is C16H34O5. The predicted octanol–water partition coefficient (Wildman–Crippen LogP) is 3.44. The third kappa shape index (κ3) is 8.12. The van der Waals surface area contributed by atoms with E-state index >= 15 is 0 Å². The van der Waals surface area contributed by atoms with Crippen molar-refractivity contribution in [1.82, 2.24) is 0 Å². The number of hydrogen-bond donors (Lipinski definition) is 1. The van der Waals surface area contributed by atoms with Crippen LogP contribution in [-0.2, 0) is 18.9 Å². The minimum atomic E-state index is -1.33. The predicted molar refractivity (Wildman–Crippen MR) is 82.9 cm³/mol. The summed E-state index contributed by atoms with van der Waals surface area (Å²) in [5.41, 5.74) is 0. The third-order valence-corrected chi connectivity index (χ3v) is 3.11. The number of aliphatic hydroxyl groups excluding tert-OH is 1. The highest BCUT2D eigenvalue weighted by Gasteiger charge is 2.44. The molecule has 0 amide bonds. The molecule has 5 heteroatoms. The fourth-order valence-electron chi connectivity index (χ4n) is 2.33. The van der Waals surface area contributed by atoms with E-state index in [1.165, 1.54) is 12.8 Å². The van der Waals surface area contributed by atoms with Crippen LogP contribution in [-0.4, -0.2) is 43.3 Å². The maximum atomic E-state index is 9.63. The van der Waals surface area contributed by atoms with Crippen molar-refractivity contribution in [2.24, 2.45) is 0 Å². The zero-order valence-electron chi connectivity index (χ0n) is 14.4. The van der Waals surface area contributed by atoms with E-state index in [-0.39, 0.29) is 6.10 Å². The van der Waals surface area contributed by atoms with Gasteiger partial charge in [-0.25, -0.2) is 0 Å². The molecule has 0 fully saturated rings. The van der Waals surface area contributed by atoms with Gasteiger partial charge in [0.25, 0.3) is 0 Å². The first-order chi connectivity index (χ1) is 10.1. The van der Waals surface area contributed by atoms with Crippen LogP contribution in [0, 0.1) is 0 Å². The lowest BCUT2D eigenvalue weighted by atomic mass is 10.1. The topological polar surface area (TPSA) is 57.2 Å². The van der Waals surface area contributed by atoms with E-state index in [0.29, 0.717) is 19.8 Å². The molecule has 0 spiro atoms. The maximum absolute atomic E-state index is 9.63. The molecule has 1 N–H and O–H groups in total. The normalized spacial score (nSPS) is 15.1. The zero-order valence-corrected chi connectivity index (χ0v) is 14.4. The van der Waals surface area contributed by atoms with Crippen molar-refractivity contribution in [3.63, 3.8) is 0 Å². The lowest BCUT2D eigenvalue weighted by Crippen LogP contribution is -2.53. The smallest absolute Gasteiger partial charge is 0.313 e. The summed E-state index contributed by atoms with van der Waals surface area (Å²) in [5.74, 6) is -1.33. The number of rotatable bonds is 14. The van der Waals surface area contributed by atoms with Crippen LogP contribution < -0.4 is 0 Å². The van der Waals surface area contributed by atoms with E-state index in [1.54, 1.807) is 6.92 Å². The molecule has 0 aromatic rings. The molecule has 0 saturated heterocycles. The molecule has 0 radical (unpaired) electrons. The second kappa shape index (κ2) is 12.4. The second-order valence-electron chi connectivity index (χ2n) is 4.98. The first kappa shape index (κ1) is 20.8. The van der Waals surface area contributed by atoms with Crippen molar-refractivity contribution < 1.29 is 24.1 Å². The molecule has 2 atom stereocenters. The lowest BCUT2D eigenvalue weighted by Gasteiger charge is -2.39. The molecule has 0 rings (SSSR count). The fraction of sp³-hybridized carbons (Fsp3) is 1.00. The largest absolute Gasteiger partial charge is 0.370 e. The van der Waals surface area contributed by atoms with Crippen LogP contribution >= 0.6 is 0 Å². The summed E-state index contributed by atoms with van der Waals surface area (Å²) in [6.07, 6.45) is 3.99. The molecular weight excluding hydrogens is 272 g/mol. The summed E-state index contributed by atoms with van der Waals surface area (Å²) in [6, 6.07) is 0. The molecule has 0 aliphatic carbocycles. The standard InChI is InChI=1S/C16H34O5/c1-6-10-11-12-13-15(18-7-2)16(19-8-3,20-9-4)21-14(5)17/h14-15,17H,6-13H2,1-5H3. The van der Waals surface area contributed by atoms with Crippen LogP contribution in [0.1, 0.15) is 66.7 Å². The Morgan fingerprint density at radius 3 is 1.95 bits per heavy atom. The molecule has 128 valence electrons. The highest BCUT2D eigenvalue weighted by Crippen LogP contribution is 2.28. The number of hydrogen-bond acceptors (Lipinski definition) is 5. The number of aliphatic hydroxyl groups is 1. The van der Waals surface area contributed by atoms with Crippen molar-refractivity contribution in [2.75, 3.05) is 19.8 Å². The van der Waals surface area contributed by atoms with Gasteiger partial charge in [0, 0.05) is 19.8 Å². The molecule has 0 aromatic heterocycles. The average Bonchev–Trinajstić information content (AvgIpc) is 2.42. The average molecular weight is 306 g/mol. The molecule has 0 aromatic carbocycles. The van der Waals surface area contributed by atoms with Gasteiger partial charge in [-0.2, -0.15) is 0 Å². The summed E-state index contributed by atoms with van der Waals surface area (Å²) in [4.78, 5) is 0. The Morgan fingerprint density at radius 1 is 0.905 bits per heavy atom. The Hall–Kier alpha value is -0.200. The summed E-state index contributed by atoms with van der Waals surface area (Å²) >= 11 is 0. The van der Waals surface area contributed by atoms with Crippen LogP contribution in [0.5, 0.6) is 0 Å². The molecule has 0 aliphatic heterocycles. The Morgan fingerprint density at radius 2 is 1.52 bits per heavy atom. The van der Waals surface area contributed by atoms with Crippen molar-refractivity contribution in [3.05, 3.63) is 0 Å². The van der Waals surface area contributed by atoms with Gasteiger partial charge < -0.3 is 19.3 Å². The van der Waals surface area contributed by atoms with E-state index in [9.17, 15) is 5.11 Å². The van der Waals surface area contributed by atoms with Crippen LogP contribution in [0.2, 0.25) is 0 Å². The zero-order chi connectivity index (χ0) is 16.1. The van der Waals surface area contributed by atoms with Gasteiger partial charge >= 0.3 is 5.97 Å². The first-order valence-electron chi connectivity index (χ1n) is 8.31. The van der Waals surface area contributed by atoms with Gasteiger partial charge in [0.15, 0.2) is 6.29 Å². The van der Waals surface area contributed by atoms with Gasteiger partial charge in [-0.1, -0.05) is 32.6 Å². The minimum Gasteiger partial charge on any atom is -0.370 e. The first-order valence-corrected chi connectivity index (χ1v) is 8.31. The molecule has 0 saturated carbocycles. The Bertz CT molecular complexity index is 227. The molecule has 5 nitrogen and oxygen atoms in total. The second-order valence-corrected chi connectivity index (χ2v) is 4.98. The van der Waals surface area contributed by atoms with Crippen LogP contribution in [0.15, 0.2) is 0 Å². The van der Waals surface area contributed by atoms with Gasteiger partial charge in [0.2, 0.25) is 0 Å². The van der Waals surface area contributed by atoms with E-state index in [0.717, 1.165) is 19.3 Å². The minimum absolute atomic E-state index is 0.353. The summed E-state index contributed by atoms with van der Waals surface area (Å²) in [6.45, 7) is 10.8. The van der Waals surface area contributed by atoms with Crippen molar-refractivity contribution >= 4 is 0 Å². The Labute approximate surface area is 129 Å². The van der Waals surface area contributed by atoms with Crippen molar-refractivity contribution in [3.8, 4) is 0 Å². The summed E-state index contributed by atoms with van der Waals surface area (Å²) < 4.78 is 22.8. The highest BCUT2D eigenvalue weighted by molar-refractivity contribution is 4.73. The Balaban J connectivity index is 4.94. The number of ether oxygens (including phenoxy) is 4. The molecule has 0 aliphatic rings. The van der Waals surface area contributed by atoms with Gasteiger partial charge in [-0.15, -0.1) is 0 Å². The van der Waals surface area contributed by atoms with Crippen molar-refractivity contribution in [1.29, 1.82) is 0 Å². The summed E-state index contributed by atoms with van der Waals surface area (Å²) in [7, 11) is 0. The van der Waals surface area contributed by atoms with Gasteiger partial charge in [0.1, 0.15) is 6.10 Å². The van der Waals surface area contributed by atoms with E-state index < -0.39 is 12.3 Å². The molecule has 2 unspecified atom stereocenters. The van der Waals surface area contributed by atoms with Gasteiger partial charge in [-0.05, 0) is 34.1 Å². The van der Waals surface area contributed by atoms with Crippen molar-refractivity contribution in [2.45, 2.75) is 85.1 Å². The lowest BCUT2D eigenvalue weighted by molar-refractivity contribution is -0.442. The quantitative estimate of drug-likeness (QED) is 0.393. The van der Waals surface area contributed by atoms with E-state index in [4.69, 9.17) is 18.9 Å². The van der Waals surface area contributed by atoms with Crippen LogP contribution in [0.25, 0.3) is 0 Å². The van der Waals surface area contributed by atoms with E-state index in [2.05, 4.69) is 6.92 Å². The molecule has 21 heavy (non-hydrogen) atoms. The van der Waals surface area contributed by atoms with E-state index in [1.807, 2.05) is 20.8 Å². The van der Waals surface area contributed by atoms with Gasteiger partial charge in [0.05, 0.1) is 0 Å². The monoisotopic (exact) mass is 306 g/mol. The SMILES string of the molecule is CCCCCCC(OCC)C(OCC)(OCC)OC(C)O. The molecule has 0 heterocycles. The summed E-state index contributed by atoms with van der Waals surface area (Å²) in [5, 5.41) is 9.63. The van der Waals surface area contributed by atoms with Crippen LogP contribution in [0.3, 0.4) is 0 Å². The van der Waals surface area contributed by atoms with Gasteiger partial charge in [-0.3, -0.25) is 4.74 Å². The molecule has 0 bridgehead atoms. The fourth-order valence-corrected chi connectivity index (χ4v) is 2.33. The maximum Gasteiger partial charge on any atom is 0.313 e. The highest BCUT2D eigenvalue weighted by atomic mass is 16.9.